The summed E-state index contributed by atoms with van der Waals surface area (Å²) in [7, 11) is 4.48. The third kappa shape index (κ3) is 4.22. The van der Waals surface area contributed by atoms with Crippen molar-refractivity contribution in [2.75, 3.05) is 45.6 Å². The molecule has 1 aliphatic heterocycles. The van der Waals surface area contributed by atoms with Crippen LogP contribution in [0, 0.1) is 6.92 Å². The second-order valence-corrected chi connectivity index (χ2v) is 5.76. The van der Waals surface area contributed by atoms with Crippen molar-refractivity contribution >= 4 is 5.69 Å². The van der Waals surface area contributed by atoms with Gasteiger partial charge >= 0.3 is 0 Å². The third-order valence-corrected chi connectivity index (χ3v) is 4.24. The van der Waals surface area contributed by atoms with E-state index >= 15 is 0 Å². The largest absolute Gasteiger partial charge is 0.384 e. The van der Waals surface area contributed by atoms with Crippen LogP contribution < -0.4 is 5.32 Å². The van der Waals surface area contributed by atoms with Crippen LogP contribution in [0.5, 0.6) is 0 Å². The number of likely N-dealkylation sites (tertiary alicyclic amines) is 1. The second-order valence-electron chi connectivity index (χ2n) is 5.76. The number of nitrogens with one attached hydrogen (secondary N) is 1. The zero-order chi connectivity index (χ0) is 13.7. The smallest absolute Gasteiger partial charge is 0.0370 e. The zero-order valence-electron chi connectivity index (χ0n) is 12.5. The summed E-state index contributed by atoms with van der Waals surface area (Å²) in [5.74, 6) is 0. The average molecular weight is 261 g/mol. The lowest BCUT2D eigenvalue weighted by Crippen LogP contribution is -2.43. The first-order valence-corrected chi connectivity index (χ1v) is 7.35. The highest BCUT2D eigenvalue weighted by atomic mass is 15.2. The SMILES string of the molecule is Cc1ccccc1NCCN(C)C1CCN(C)CC1. The molecule has 3 heteroatoms. The number of hydrogen-bond donors (Lipinski definition) is 1. The van der Waals surface area contributed by atoms with Gasteiger partial charge in [-0.15, -0.1) is 0 Å². The Morgan fingerprint density at radius 2 is 1.95 bits per heavy atom. The van der Waals surface area contributed by atoms with Gasteiger partial charge in [0.1, 0.15) is 0 Å². The van der Waals surface area contributed by atoms with E-state index in [0.717, 1.165) is 19.1 Å². The van der Waals surface area contributed by atoms with E-state index in [0.29, 0.717) is 0 Å². The number of rotatable bonds is 5. The van der Waals surface area contributed by atoms with Gasteiger partial charge in [0, 0.05) is 24.8 Å². The molecule has 0 atom stereocenters. The lowest BCUT2D eigenvalue weighted by atomic mass is 10.0. The molecule has 1 N–H and O–H groups in total. The zero-order valence-corrected chi connectivity index (χ0v) is 12.5. The van der Waals surface area contributed by atoms with Crippen molar-refractivity contribution in [3.05, 3.63) is 29.8 Å². The number of piperidine rings is 1. The number of likely N-dealkylation sites (N-methyl/N-ethyl adjacent to an activating group) is 1. The molecule has 0 spiro atoms. The van der Waals surface area contributed by atoms with Crippen LogP contribution in [0.25, 0.3) is 0 Å². The Kier molecular flexibility index (Phi) is 5.23. The minimum Gasteiger partial charge on any atom is -0.384 e. The number of anilines is 1. The maximum atomic E-state index is 3.54. The standard InChI is InChI=1S/C16H27N3/c1-14-6-4-5-7-16(14)17-10-13-19(3)15-8-11-18(2)12-9-15/h4-7,15,17H,8-13H2,1-3H3. The van der Waals surface area contributed by atoms with Crippen molar-refractivity contribution < 1.29 is 0 Å². The summed E-state index contributed by atoms with van der Waals surface area (Å²) in [6, 6.07) is 9.25. The Morgan fingerprint density at radius 1 is 1.26 bits per heavy atom. The Hall–Kier alpha value is -1.06. The van der Waals surface area contributed by atoms with Crippen molar-refractivity contribution in [2.24, 2.45) is 0 Å². The minimum absolute atomic E-state index is 0.759. The Labute approximate surface area is 117 Å². The molecule has 1 aromatic rings. The molecule has 0 aromatic heterocycles. The maximum Gasteiger partial charge on any atom is 0.0370 e. The maximum absolute atomic E-state index is 3.54. The predicted molar refractivity (Wildman–Crippen MR) is 82.8 cm³/mol. The van der Waals surface area contributed by atoms with Crippen molar-refractivity contribution in [3.63, 3.8) is 0 Å². The molecule has 1 fully saturated rings. The molecule has 3 nitrogen and oxygen atoms in total. The fourth-order valence-electron chi connectivity index (χ4n) is 2.76. The van der Waals surface area contributed by atoms with Crippen LogP contribution in [0.4, 0.5) is 5.69 Å². The van der Waals surface area contributed by atoms with Gasteiger partial charge in [-0.05, 0) is 58.6 Å². The number of aryl methyl sites for hydroxylation is 1. The quantitative estimate of drug-likeness (QED) is 0.878. The number of benzene rings is 1. The summed E-state index contributed by atoms with van der Waals surface area (Å²) in [5.41, 5.74) is 2.59. The lowest BCUT2D eigenvalue weighted by molar-refractivity contribution is 0.148. The van der Waals surface area contributed by atoms with E-state index < -0.39 is 0 Å². The van der Waals surface area contributed by atoms with Crippen LogP contribution in [0.1, 0.15) is 18.4 Å². The van der Waals surface area contributed by atoms with E-state index in [2.05, 4.69) is 60.4 Å². The molecule has 0 amide bonds. The fraction of sp³-hybridized carbons (Fsp3) is 0.625. The topological polar surface area (TPSA) is 18.5 Å². The van der Waals surface area contributed by atoms with Crippen LogP contribution in [0.2, 0.25) is 0 Å². The molecule has 1 heterocycles. The fourth-order valence-corrected chi connectivity index (χ4v) is 2.76. The van der Waals surface area contributed by atoms with Gasteiger partial charge in [-0.1, -0.05) is 18.2 Å². The van der Waals surface area contributed by atoms with Gasteiger partial charge in [0.25, 0.3) is 0 Å². The van der Waals surface area contributed by atoms with E-state index in [1.807, 2.05) is 0 Å². The second kappa shape index (κ2) is 6.92. The highest BCUT2D eigenvalue weighted by Gasteiger charge is 2.19. The van der Waals surface area contributed by atoms with Crippen LogP contribution >= 0.6 is 0 Å². The van der Waals surface area contributed by atoms with E-state index in [-0.39, 0.29) is 0 Å². The molecule has 1 aliphatic rings. The molecule has 0 unspecified atom stereocenters. The Balaban J connectivity index is 1.72. The molecule has 1 saturated heterocycles. The Morgan fingerprint density at radius 3 is 2.63 bits per heavy atom. The van der Waals surface area contributed by atoms with Gasteiger partial charge in [-0.3, -0.25) is 0 Å². The molecule has 0 saturated carbocycles. The summed E-state index contributed by atoms with van der Waals surface area (Å²) >= 11 is 0. The average Bonchev–Trinajstić information content (AvgIpc) is 2.41. The van der Waals surface area contributed by atoms with E-state index in [9.17, 15) is 0 Å². The third-order valence-electron chi connectivity index (χ3n) is 4.24. The van der Waals surface area contributed by atoms with Gasteiger partial charge in [0.2, 0.25) is 0 Å². The summed E-state index contributed by atoms with van der Waals surface area (Å²) in [4.78, 5) is 4.94. The predicted octanol–water partition coefficient (Wildman–Crippen LogP) is 2.43. The minimum atomic E-state index is 0.759. The van der Waals surface area contributed by atoms with Gasteiger partial charge in [-0.25, -0.2) is 0 Å². The van der Waals surface area contributed by atoms with Gasteiger partial charge < -0.3 is 15.1 Å². The summed E-state index contributed by atoms with van der Waals surface area (Å²) < 4.78 is 0. The van der Waals surface area contributed by atoms with Crippen molar-refractivity contribution in [1.29, 1.82) is 0 Å². The van der Waals surface area contributed by atoms with E-state index in [4.69, 9.17) is 0 Å². The normalized spacial score (nSPS) is 17.9. The van der Waals surface area contributed by atoms with E-state index in [1.165, 1.54) is 37.2 Å². The van der Waals surface area contributed by atoms with Crippen molar-refractivity contribution in [1.82, 2.24) is 9.80 Å². The first kappa shape index (κ1) is 14.4. The van der Waals surface area contributed by atoms with Crippen LogP contribution in [-0.2, 0) is 0 Å². The van der Waals surface area contributed by atoms with Gasteiger partial charge in [0.15, 0.2) is 0 Å². The number of hydrogen-bond acceptors (Lipinski definition) is 3. The summed E-state index contributed by atoms with van der Waals surface area (Å²) in [5, 5.41) is 3.54. The molecular weight excluding hydrogens is 234 g/mol. The van der Waals surface area contributed by atoms with Crippen LogP contribution in [-0.4, -0.2) is 56.1 Å². The van der Waals surface area contributed by atoms with Gasteiger partial charge in [-0.2, -0.15) is 0 Å². The molecule has 106 valence electrons. The first-order valence-electron chi connectivity index (χ1n) is 7.35. The van der Waals surface area contributed by atoms with Crippen molar-refractivity contribution in [3.8, 4) is 0 Å². The molecule has 2 rings (SSSR count). The molecule has 19 heavy (non-hydrogen) atoms. The highest BCUT2D eigenvalue weighted by Crippen LogP contribution is 2.15. The molecule has 0 aliphatic carbocycles. The number of para-hydroxylation sites is 1. The Bertz CT molecular complexity index is 383. The summed E-state index contributed by atoms with van der Waals surface area (Å²) in [6.45, 7) is 6.76. The van der Waals surface area contributed by atoms with Crippen LogP contribution in [0.15, 0.2) is 24.3 Å². The molecule has 0 radical (unpaired) electrons. The monoisotopic (exact) mass is 261 g/mol. The van der Waals surface area contributed by atoms with E-state index in [1.54, 1.807) is 0 Å². The molecule has 0 bridgehead atoms. The highest BCUT2D eigenvalue weighted by molar-refractivity contribution is 5.50. The summed E-state index contributed by atoms with van der Waals surface area (Å²) in [6.07, 6.45) is 2.61. The lowest BCUT2D eigenvalue weighted by Gasteiger charge is -2.35. The molecular formula is C16H27N3. The van der Waals surface area contributed by atoms with Gasteiger partial charge in [0.05, 0.1) is 0 Å². The first-order chi connectivity index (χ1) is 9.16. The van der Waals surface area contributed by atoms with Crippen LogP contribution in [0.3, 0.4) is 0 Å². The number of nitrogens with zero attached hydrogens (tertiary/aromatic N) is 2. The van der Waals surface area contributed by atoms with Crippen molar-refractivity contribution in [2.45, 2.75) is 25.8 Å². The molecule has 1 aromatic carbocycles.